The van der Waals surface area contributed by atoms with Crippen molar-refractivity contribution in [3.8, 4) is 6.01 Å². The average Bonchev–Trinajstić information content (AvgIpc) is 2.81. The Morgan fingerprint density at radius 2 is 2.17 bits per heavy atom. The van der Waals surface area contributed by atoms with Gasteiger partial charge < -0.3 is 4.74 Å². The molecule has 1 aromatic rings. The van der Waals surface area contributed by atoms with Gasteiger partial charge in [0, 0.05) is 6.54 Å². The monoisotopic (exact) mass is 291 g/mol. The van der Waals surface area contributed by atoms with E-state index in [4.69, 9.17) is 16.3 Å². The van der Waals surface area contributed by atoms with Gasteiger partial charge in [-0.25, -0.2) is 18.4 Å². The summed E-state index contributed by atoms with van der Waals surface area (Å²) in [6, 6.07) is 0.222. The fraction of sp³-hybridized carbons (Fsp3) is 0.600. The lowest BCUT2D eigenvalue weighted by Gasteiger charge is -2.15. The number of sulfonamides is 1. The molecule has 18 heavy (non-hydrogen) atoms. The van der Waals surface area contributed by atoms with Gasteiger partial charge in [0.25, 0.3) is 0 Å². The Bertz CT molecular complexity index is 506. The number of hydrogen-bond donors (Lipinski definition) is 0. The molecule has 0 bridgehead atoms. The van der Waals surface area contributed by atoms with E-state index in [2.05, 4.69) is 9.97 Å². The molecule has 1 atom stereocenters. The summed E-state index contributed by atoms with van der Waals surface area (Å²) in [7, 11) is -3.14. The second-order valence-electron chi connectivity index (χ2n) is 3.97. The van der Waals surface area contributed by atoms with Crippen molar-refractivity contribution in [2.45, 2.75) is 19.4 Å². The van der Waals surface area contributed by atoms with Crippen LogP contribution in [0.2, 0.25) is 5.02 Å². The minimum absolute atomic E-state index is 0.108. The van der Waals surface area contributed by atoms with E-state index in [0.717, 1.165) is 0 Å². The summed E-state index contributed by atoms with van der Waals surface area (Å²) in [5, 5.41) is 0.434. The Morgan fingerprint density at radius 3 is 2.78 bits per heavy atom. The fourth-order valence-corrected chi connectivity index (χ4v) is 2.98. The molecule has 8 heteroatoms. The van der Waals surface area contributed by atoms with Gasteiger partial charge in [0.2, 0.25) is 10.0 Å². The number of aromatic nitrogens is 2. The van der Waals surface area contributed by atoms with Crippen LogP contribution in [0.5, 0.6) is 6.01 Å². The summed E-state index contributed by atoms with van der Waals surface area (Å²) in [5.41, 5.74) is 0. The van der Waals surface area contributed by atoms with E-state index in [9.17, 15) is 8.42 Å². The minimum Gasteiger partial charge on any atom is -0.459 e. The van der Waals surface area contributed by atoms with Crippen LogP contribution in [-0.2, 0) is 10.0 Å². The van der Waals surface area contributed by atoms with E-state index in [1.807, 2.05) is 0 Å². The van der Waals surface area contributed by atoms with Crippen LogP contribution in [-0.4, -0.2) is 47.6 Å². The molecule has 100 valence electrons. The van der Waals surface area contributed by atoms with Crippen LogP contribution in [0, 0.1) is 0 Å². The minimum atomic E-state index is -3.14. The molecule has 0 spiro atoms. The first-order chi connectivity index (χ1) is 8.51. The highest BCUT2D eigenvalue weighted by Gasteiger charge is 2.31. The quantitative estimate of drug-likeness (QED) is 0.825. The van der Waals surface area contributed by atoms with Gasteiger partial charge in [-0.05, 0) is 13.3 Å². The van der Waals surface area contributed by atoms with Crippen LogP contribution < -0.4 is 4.74 Å². The molecule has 2 heterocycles. The topological polar surface area (TPSA) is 72.4 Å². The molecule has 0 unspecified atom stereocenters. The van der Waals surface area contributed by atoms with Crippen LogP contribution in [0.15, 0.2) is 12.4 Å². The van der Waals surface area contributed by atoms with E-state index in [-0.39, 0.29) is 17.9 Å². The summed E-state index contributed by atoms with van der Waals surface area (Å²) < 4.78 is 30.3. The summed E-state index contributed by atoms with van der Waals surface area (Å²) >= 11 is 5.66. The van der Waals surface area contributed by atoms with Gasteiger partial charge in [-0.3, -0.25) is 0 Å². The van der Waals surface area contributed by atoms with E-state index in [1.165, 1.54) is 16.7 Å². The standard InChI is InChI=1S/C10H14ClN3O3S/c1-2-18(15,16)14-4-3-9(7-14)17-10-12-5-8(11)6-13-10/h5-6,9H,2-4,7H2,1H3/t9-/m0/s1. The molecule has 0 amide bonds. The van der Waals surface area contributed by atoms with Crippen molar-refractivity contribution < 1.29 is 13.2 Å². The van der Waals surface area contributed by atoms with E-state index in [1.54, 1.807) is 6.92 Å². The van der Waals surface area contributed by atoms with Crippen LogP contribution >= 0.6 is 11.6 Å². The van der Waals surface area contributed by atoms with E-state index >= 15 is 0 Å². The molecule has 0 saturated carbocycles. The zero-order valence-corrected chi connectivity index (χ0v) is 11.5. The molecular formula is C10H14ClN3O3S. The van der Waals surface area contributed by atoms with Crippen molar-refractivity contribution in [3.05, 3.63) is 17.4 Å². The van der Waals surface area contributed by atoms with Crippen molar-refractivity contribution in [2.24, 2.45) is 0 Å². The normalized spacial score (nSPS) is 21.1. The van der Waals surface area contributed by atoms with Gasteiger partial charge in [-0.15, -0.1) is 0 Å². The largest absolute Gasteiger partial charge is 0.459 e. The Kier molecular flexibility index (Phi) is 4.04. The third-order valence-electron chi connectivity index (χ3n) is 2.73. The SMILES string of the molecule is CCS(=O)(=O)N1CC[C@H](Oc2ncc(Cl)cn2)C1. The van der Waals surface area contributed by atoms with Crippen molar-refractivity contribution in [3.63, 3.8) is 0 Å². The Balaban J connectivity index is 1.96. The zero-order valence-electron chi connectivity index (χ0n) is 9.91. The lowest BCUT2D eigenvalue weighted by atomic mass is 10.3. The first-order valence-corrected chi connectivity index (χ1v) is 7.62. The van der Waals surface area contributed by atoms with Gasteiger partial charge in [0.05, 0.1) is 29.7 Å². The first-order valence-electron chi connectivity index (χ1n) is 5.63. The number of halogens is 1. The number of hydrogen-bond acceptors (Lipinski definition) is 5. The molecule has 2 rings (SSSR count). The highest BCUT2D eigenvalue weighted by Crippen LogP contribution is 2.18. The molecule has 1 aromatic heterocycles. The van der Waals surface area contributed by atoms with Crippen LogP contribution in [0.1, 0.15) is 13.3 Å². The van der Waals surface area contributed by atoms with Gasteiger partial charge in [-0.2, -0.15) is 4.31 Å². The first kappa shape index (κ1) is 13.5. The van der Waals surface area contributed by atoms with Crippen molar-refractivity contribution >= 4 is 21.6 Å². The number of rotatable bonds is 4. The average molecular weight is 292 g/mol. The smallest absolute Gasteiger partial charge is 0.316 e. The number of nitrogens with zero attached hydrogens (tertiary/aromatic N) is 3. The molecule has 1 saturated heterocycles. The molecule has 0 aromatic carbocycles. The van der Waals surface area contributed by atoms with Crippen LogP contribution in [0.25, 0.3) is 0 Å². The molecule has 1 aliphatic rings. The summed E-state index contributed by atoms with van der Waals surface area (Å²) in [4.78, 5) is 7.83. The molecule has 6 nitrogen and oxygen atoms in total. The highest BCUT2D eigenvalue weighted by molar-refractivity contribution is 7.89. The highest BCUT2D eigenvalue weighted by atomic mass is 35.5. The second-order valence-corrected chi connectivity index (χ2v) is 6.66. The van der Waals surface area contributed by atoms with E-state index < -0.39 is 10.0 Å². The van der Waals surface area contributed by atoms with Gasteiger partial charge in [0.1, 0.15) is 6.10 Å². The van der Waals surface area contributed by atoms with Crippen LogP contribution in [0.3, 0.4) is 0 Å². The summed E-state index contributed by atoms with van der Waals surface area (Å²) in [6.45, 7) is 2.46. The number of ether oxygens (including phenoxy) is 1. The van der Waals surface area contributed by atoms with Crippen molar-refractivity contribution in [1.82, 2.24) is 14.3 Å². The third-order valence-corrected chi connectivity index (χ3v) is 4.78. The van der Waals surface area contributed by atoms with Crippen molar-refractivity contribution in [2.75, 3.05) is 18.8 Å². The fourth-order valence-electron chi connectivity index (χ4n) is 1.74. The predicted octanol–water partition coefficient (Wildman–Crippen LogP) is 0.933. The maximum atomic E-state index is 11.7. The van der Waals surface area contributed by atoms with Gasteiger partial charge >= 0.3 is 6.01 Å². The van der Waals surface area contributed by atoms with Gasteiger partial charge in [0.15, 0.2) is 0 Å². The lowest BCUT2D eigenvalue weighted by Crippen LogP contribution is -2.32. The lowest BCUT2D eigenvalue weighted by molar-refractivity contribution is 0.197. The van der Waals surface area contributed by atoms with Gasteiger partial charge in [-0.1, -0.05) is 11.6 Å². The van der Waals surface area contributed by atoms with Crippen molar-refractivity contribution in [1.29, 1.82) is 0 Å². The second kappa shape index (κ2) is 5.38. The molecule has 0 radical (unpaired) electrons. The Hall–Kier alpha value is -0.920. The zero-order chi connectivity index (χ0) is 13.2. The molecule has 1 aliphatic heterocycles. The Labute approximate surface area is 111 Å². The predicted molar refractivity (Wildman–Crippen MR) is 67.1 cm³/mol. The summed E-state index contributed by atoms with van der Waals surface area (Å²) in [6.07, 6.45) is 3.33. The molecule has 1 fully saturated rings. The molecule has 0 N–H and O–H groups in total. The molecule has 0 aliphatic carbocycles. The Morgan fingerprint density at radius 1 is 1.50 bits per heavy atom. The molecular weight excluding hydrogens is 278 g/mol. The summed E-state index contributed by atoms with van der Waals surface area (Å²) in [5.74, 6) is 0.108. The van der Waals surface area contributed by atoms with E-state index in [0.29, 0.717) is 24.5 Å². The maximum absolute atomic E-state index is 11.7. The third kappa shape index (κ3) is 3.09. The van der Waals surface area contributed by atoms with Crippen LogP contribution in [0.4, 0.5) is 0 Å². The maximum Gasteiger partial charge on any atom is 0.316 e.